The number of rotatable bonds is 10. The summed E-state index contributed by atoms with van der Waals surface area (Å²) in [5.74, 6) is -1.19. The molecule has 5 N–H and O–H groups in total. The molecule has 0 aliphatic carbocycles. The van der Waals surface area contributed by atoms with Crippen molar-refractivity contribution in [3.63, 3.8) is 0 Å². The number of carbonyl (C=O) groups is 1. The van der Waals surface area contributed by atoms with Gasteiger partial charge in [0.1, 0.15) is 12.4 Å². The molecule has 1 aromatic heterocycles. The second kappa shape index (κ2) is 11.5. The number of benzene rings is 2. The molecular formula is C28H29F4N3O6. The first-order chi connectivity index (χ1) is 19.4. The first-order valence-corrected chi connectivity index (χ1v) is 12.5. The van der Waals surface area contributed by atoms with Crippen LogP contribution in [0.1, 0.15) is 28.5 Å². The van der Waals surface area contributed by atoms with Gasteiger partial charge in [0.25, 0.3) is 5.91 Å². The smallest absolute Gasteiger partial charge is 0.424 e. The number of methoxy groups -OCH3 is 1. The summed E-state index contributed by atoms with van der Waals surface area (Å²) in [5.41, 5.74) is -4.60. The number of nitrogens with one attached hydrogen (secondary N) is 2. The van der Waals surface area contributed by atoms with E-state index in [9.17, 15) is 32.6 Å². The molecule has 0 unspecified atom stereocenters. The SMILES string of the molecule is COc1cc(C(=O)NC[C@@](O)(c2cc3c(c(-c4ccc(F)cc4)n2)NC[C@]3(C)CO)C(F)(F)F)ccc1OCCO. The van der Waals surface area contributed by atoms with Gasteiger partial charge in [-0.2, -0.15) is 13.2 Å². The van der Waals surface area contributed by atoms with Crippen LogP contribution in [-0.4, -0.2) is 72.4 Å². The third-order valence-electron chi connectivity index (χ3n) is 6.96. The quantitative estimate of drug-likeness (QED) is 0.232. The zero-order valence-electron chi connectivity index (χ0n) is 22.2. The van der Waals surface area contributed by atoms with Gasteiger partial charge >= 0.3 is 6.18 Å². The maximum atomic E-state index is 14.5. The Morgan fingerprint density at radius 3 is 2.44 bits per heavy atom. The number of pyridine rings is 1. The molecule has 0 fully saturated rings. The van der Waals surface area contributed by atoms with E-state index in [2.05, 4.69) is 15.6 Å². The van der Waals surface area contributed by atoms with Crippen LogP contribution < -0.4 is 20.1 Å². The van der Waals surface area contributed by atoms with Crippen LogP contribution in [0.4, 0.5) is 23.2 Å². The molecule has 220 valence electrons. The Morgan fingerprint density at radius 1 is 1.12 bits per heavy atom. The largest absolute Gasteiger partial charge is 0.493 e. The first-order valence-electron chi connectivity index (χ1n) is 12.5. The van der Waals surface area contributed by atoms with E-state index in [4.69, 9.17) is 14.6 Å². The van der Waals surface area contributed by atoms with E-state index >= 15 is 0 Å². The third kappa shape index (κ3) is 5.78. The Hall–Kier alpha value is -3.94. The average molecular weight is 580 g/mol. The van der Waals surface area contributed by atoms with E-state index in [0.717, 1.165) is 18.2 Å². The molecule has 0 saturated carbocycles. The number of aromatic nitrogens is 1. The summed E-state index contributed by atoms with van der Waals surface area (Å²) < 4.78 is 67.7. The Bertz CT molecular complexity index is 1420. The van der Waals surface area contributed by atoms with Gasteiger partial charge in [0.15, 0.2) is 11.5 Å². The van der Waals surface area contributed by atoms with Gasteiger partial charge < -0.3 is 35.4 Å². The lowest BCUT2D eigenvalue weighted by atomic mass is 9.83. The van der Waals surface area contributed by atoms with E-state index < -0.39 is 47.8 Å². The molecule has 0 saturated heterocycles. The molecule has 3 aromatic rings. The number of hydrogen-bond donors (Lipinski definition) is 5. The molecule has 1 aliphatic heterocycles. The Kier molecular flexibility index (Phi) is 8.43. The molecule has 2 heterocycles. The number of nitrogens with zero attached hydrogens (tertiary/aromatic N) is 1. The highest BCUT2D eigenvalue weighted by molar-refractivity contribution is 5.95. The second-order valence-corrected chi connectivity index (χ2v) is 9.84. The monoisotopic (exact) mass is 579 g/mol. The van der Waals surface area contributed by atoms with Gasteiger partial charge in [0.05, 0.1) is 43.9 Å². The maximum absolute atomic E-state index is 14.5. The first kappa shape index (κ1) is 30.0. The van der Waals surface area contributed by atoms with E-state index in [0.29, 0.717) is 5.69 Å². The van der Waals surface area contributed by atoms with Gasteiger partial charge in [0, 0.05) is 23.1 Å². The minimum Gasteiger partial charge on any atom is -0.493 e. The predicted octanol–water partition coefficient (Wildman–Crippen LogP) is 3.12. The van der Waals surface area contributed by atoms with E-state index in [1.807, 2.05) is 0 Å². The van der Waals surface area contributed by atoms with Crippen LogP contribution in [0.5, 0.6) is 11.5 Å². The molecule has 1 amide bonds. The van der Waals surface area contributed by atoms with Crippen molar-refractivity contribution in [3.05, 3.63) is 71.2 Å². The molecule has 0 spiro atoms. The number of amides is 1. The van der Waals surface area contributed by atoms with Crippen molar-refractivity contribution in [3.8, 4) is 22.8 Å². The molecule has 0 bridgehead atoms. The fraction of sp³-hybridized carbons (Fsp3) is 0.357. The normalized spacial score (nSPS) is 17.8. The van der Waals surface area contributed by atoms with E-state index in [1.54, 1.807) is 6.92 Å². The number of carbonyl (C=O) groups excluding carboxylic acids is 1. The third-order valence-corrected chi connectivity index (χ3v) is 6.96. The zero-order chi connectivity index (χ0) is 30.0. The van der Waals surface area contributed by atoms with Crippen molar-refractivity contribution in [1.82, 2.24) is 10.3 Å². The lowest BCUT2D eigenvalue weighted by molar-refractivity contribution is -0.265. The summed E-state index contributed by atoms with van der Waals surface area (Å²) in [6, 6.07) is 9.89. The maximum Gasteiger partial charge on any atom is 0.424 e. The zero-order valence-corrected chi connectivity index (χ0v) is 22.2. The number of aliphatic hydroxyl groups is 3. The number of anilines is 1. The van der Waals surface area contributed by atoms with Crippen molar-refractivity contribution in [1.29, 1.82) is 0 Å². The Balaban J connectivity index is 1.73. The van der Waals surface area contributed by atoms with Crippen molar-refractivity contribution < 1.29 is 47.1 Å². The van der Waals surface area contributed by atoms with Crippen LogP contribution in [0, 0.1) is 5.82 Å². The molecule has 4 rings (SSSR count). The average Bonchev–Trinajstić information content (AvgIpc) is 3.30. The molecular weight excluding hydrogens is 550 g/mol. The van der Waals surface area contributed by atoms with Crippen molar-refractivity contribution in [2.45, 2.75) is 24.1 Å². The van der Waals surface area contributed by atoms with Gasteiger partial charge in [-0.25, -0.2) is 9.37 Å². The fourth-order valence-corrected chi connectivity index (χ4v) is 4.48. The highest BCUT2D eigenvalue weighted by atomic mass is 19.4. The number of aliphatic hydroxyl groups excluding tert-OH is 2. The van der Waals surface area contributed by atoms with Crippen LogP contribution in [0.25, 0.3) is 11.3 Å². The molecule has 41 heavy (non-hydrogen) atoms. The number of fused-ring (bicyclic) bond motifs is 1. The van der Waals surface area contributed by atoms with Crippen molar-refractivity contribution >= 4 is 11.6 Å². The summed E-state index contributed by atoms with van der Waals surface area (Å²) in [6.07, 6.45) is -5.29. The van der Waals surface area contributed by atoms with Gasteiger partial charge in [-0.1, -0.05) is 6.92 Å². The molecule has 2 aromatic carbocycles. The lowest BCUT2D eigenvalue weighted by Gasteiger charge is -2.32. The summed E-state index contributed by atoms with van der Waals surface area (Å²) in [6.45, 7) is -0.203. The van der Waals surface area contributed by atoms with Crippen molar-refractivity contribution in [2.24, 2.45) is 0 Å². The second-order valence-electron chi connectivity index (χ2n) is 9.84. The molecule has 2 atom stereocenters. The van der Waals surface area contributed by atoms with Gasteiger partial charge in [-0.3, -0.25) is 4.79 Å². The number of halogens is 4. The minimum atomic E-state index is -5.29. The van der Waals surface area contributed by atoms with Gasteiger partial charge in [-0.15, -0.1) is 0 Å². The summed E-state index contributed by atoms with van der Waals surface area (Å²) in [5, 5.41) is 35.3. The lowest BCUT2D eigenvalue weighted by Crippen LogP contribution is -2.51. The Morgan fingerprint density at radius 2 is 1.83 bits per heavy atom. The van der Waals surface area contributed by atoms with Crippen LogP contribution in [0.15, 0.2) is 48.5 Å². The van der Waals surface area contributed by atoms with E-state index in [1.165, 1.54) is 37.4 Å². The highest BCUT2D eigenvalue weighted by Crippen LogP contribution is 2.46. The van der Waals surface area contributed by atoms with Crippen LogP contribution in [0.2, 0.25) is 0 Å². The van der Waals surface area contributed by atoms with Crippen LogP contribution in [-0.2, 0) is 11.0 Å². The molecule has 1 aliphatic rings. The summed E-state index contributed by atoms with van der Waals surface area (Å²) >= 11 is 0. The Labute approximate surface area is 232 Å². The van der Waals surface area contributed by atoms with E-state index in [-0.39, 0.29) is 53.6 Å². The number of hydrogen-bond acceptors (Lipinski definition) is 8. The number of alkyl halides is 3. The molecule has 9 nitrogen and oxygen atoms in total. The highest BCUT2D eigenvalue weighted by Gasteiger charge is 2.57. The van der Waals surface area contributed by atoms with Gasteiger partial charge in [-0.05, 0) is 54.1 Å². The number of ether oxygens (including phenoxy) is 2. The topological polar surface area (TPSA) is 133 Å². The van der Waals surface area contributed by atoms with Crippen molar-refractivity contribution in [2.75, 3.05) is 45.3 Å². The minimum absolute atomic E-state index is 0.0203. The van der Waals surface area contributed by atoms with Crippen LogP contribution in [0.3, 0.4) is 0 Å². The summed E-state index contributed by atoms with van der Waals surface area (Å²) in [7, 11) is 1.30. The molecule has 0 radical (unpaired) electrons. The molecule has 13 heteroatoms. The van der Waals surface area contributed by atoms with Gasteiger partial charge in [0.2, 0.25) is 5.60 Å². The summed E-state index contributed by atoms with van der Waals surface area (Å²) in [4.78, 5) is 17.0. The fourth-order valence-electron chi connectivity index (χ4n) is 4.48. The standard InChI is InChI=1S/C28H29F4N3O6/c1-26(15-37)13-33-24-19(26)12-22(35-23(24)16-3-6-18(29)7-4-16)27(39,28(30,31)32)14-34-25(38)17-5-8-20(41-10-9-36)21(11-17)40-2/h3-8,11-12,33,36-37,39H,9-10,13-15H2,1-2H3,(H,34,38)/t26-,27-/m1/s1. The van der Waals surface area contributed by atoms with Crippen LogP contribution >= 0.6 is 0 Å². The predicted molar refractivity (Wildman–Crippen MR) is 140 cm³/mol.